The molecule has 0 radical (unpaired) electrons. The molecule has 6 nitrogen and oxygen atoms in total. The molecule has 0 atom stereocenters. The van der Waals surface area contributed by atoms with Crippen LogP contribution in [0.5, 0.6) is 0 Å². The van der Waals surface area contributed by atoms with Crippen molar-refractivity contribution in [1.29, 1.82) is 0 Å². The van der Waals surface area contributed by atoms with Gasteiger partial charge in [-0.2, -0.15) is 0 Å². The first kappa shape index (κ1) is 17.6. The summed E-state index contributed by atoms with van der Waals surface area (Å²) in [6.45, 7) is 5.81. The molecule has 1 aliphatic rings. The Kier molecular flexibility index (Phi) is 5.85. The first-order valence-electron chi connectivity index (χ1n) is 7.13. The highest BCUT2D eigenvalue weighted by Gasteiger charge is 2.24. The normalized spacial score (nSPS) is 14.6. The average Bonchev–Trinajstić information content (AvgIpc) is 2.54. The Morgan fingerprint density at radius 1 is 1.35 bits per heavy atom. The fraction of sp³-hybridized carbons (Fsp3) is 0.400. The minimum Gasteiger partial charge on any atom is -0.352 e. The molecule has 1 aromatic rings. The standard InChI is InChI=1S/C15H18Cl2N4O2/c1-3-13(22)19(2)10-14(23)20-4-6-21(7-5-20)15-12(17)8-11(16)9-18-15/h3,8-9H,1,4-7,10H2,2H3. The second-order valence-electron chi connectivity index (χ2n) is 5.23. The van der Waals surface area contributed by atoms with Crippen LogP contribution in [0, 0.1) is 0 Å². The number of pyridine rings is 1. The molecule has 1 aliphatic heterocycles. The Morgan fingerprint density at radius 3 is 2.57 bits per heavy atom. The van der Waals surface area contributed by atoms with Crippen molar-refractivity contribution in [3.63, 3.8) is 0 Å². The highest BCUT2D eigenvalue weighted by molar-refractivity contribution is 6.36. The number of halogens is 2. The third-order valence-electron chi connectivity index (χ3n) is 3.64. The van der Waals surface area contributed by atoms with Crippen molar-refractivity contribution in [2.24, 2.45) is 0 Å². The van der Waals surface area contributed by atoms with E-state index in [1.165, 1.54) is 11.0 Å². The summed E-state index contributed by atoms with van der Waals surface area (Å²) >= 11 is 12.0. The van der Waals surface area contributed by atoms with E-state index in [0.717, 1.165) is 0 Å². The Labute approximate surface area is 145 Å². The summed E-state index contributed by atoms with van der Waals surface area (Å²) in [5.41, 5.74) is 0. The Balaban J connectivity index is 1.92. The maximum atomic E-state index is 12.2. The van der Waals surface area contributed by atoms with Gasteiger partial charge in [0.1, 0.15) is 5.82 Å². The smallest absolute Gasteiger partial charge is 0.246 e. The molecule has 1 fully saturated rings. The van der Waals surface area contributed by atoms with Gasteiger partial charge in [0, 0.05) is 39.4 Å². The molecule has 1 saturated heterocycles. The summed E-state index contributed by atoms with van der Waals surface area (Å²) in [5.74, 6) is 0.314. The molecule has 8 heteroatoms. The summed E-state index contributed by atoms with van der Waals surface area (Å²) in [4.78, 5) is 33.0. The van der Waals surface area contributed by atoms with E-state index in [0.29, 0.717) is 42.0 Å². The number of piperazine rings is 1. The van der Waals surface area contributed by atoms with Gasteiger partial charge in [0.05, 0.1) is 16.6 Å². The predicted molar refractivity (Wildman–Crippen MR) is 90.9 cm³/mol. The first-order valence-corrected chi connectivity index (χ1v) is 7.89. The lowest BCUT2D eigenvalue weighted by Gasteiger charge is -2.36. The van der Waals surface area contributed by atoms with Crippen molar-refractivity contribution < 1.29 is 9.59 Å². The number of aromatic nitrogens is 1. The predicted octanol–water partition coefficient (Wildman–Crippen LogP) is 1.68. The third kappa shape index (κ3) is 4.36. The lowest BCUT2D eigenvalue weighted by molar-refractivity contribution is -0.137. The van der Waals surface area contributed by atoms with Gasteiger partial charge in [-0.1, -0.05) is 29.8 Å². The van der Waals surface area contributed by atoms with Gasteiger partial charge in [0.15, 0.2) is 0 Å². The molecule has 0 aliphatic carbocycles. The number of hydrogen-bond acceptors (Lipinski definition) is 4. The van der Waals surface area contributed by atoms with Gasteiger partial charge in [0.2, 0.25) is 11.8 Å². The van der Waals surface area contributed by atoms with Gasteiger partial charge in [-0.3, -0.25) is 9.59 Å². The van der Waals surface area contributed by atoms with Crippen LogP contribution in [0.2, 0.25) is 10.0 Å². The van der Waals surface area contributed by atoms with Crippen LogP contribution in [-0.2, 0) is 9.59 Å². The molecule has 0 spiro atoms. The number of amides is 2. The molecule has 0 unspecified atom stereocenters. The van der Waals surface area contributed by atoms with Gasteiger partial charge in [-0.25, -0.2) is 4.98 Å². The quantitative estimate of drug-likeness (QED) is 0.770. The zero-order chi connectivity index (χ0) is 17.0. The van der Waals surface area contributed by atoms with E-state index in [-0.39, 0.29) is 18.4 Å². The summed E-state index contributed by atoms with van der Waals surface area (Å²) in [6, 6.07) is 1.65. The number of carbonyl (C=O) groups excluding carboxylic acids is 2. The van der Waals surface area contributed by atoms with E-state index in [1.54, 1.807) is 24.2 Å². The fourth-order valence-electron chi connectivity index (χ4n) is 2.34. The number of likely N-dealkylation sites (N-methyl/N-ethyl adjacent to an activating group) is 1. The summed E-state index contributed by atoms with van der Waals surface area (Å²) in [7, 11) is 1.58. The SMILES string of the molecule is C=CC(=O)N(C)CC(=O)N1CCN(c2ncc(Cl)cc2Cl)CC1. The first-order chi connectivity index (χ1) is 10.9. The summed E-state index contributed by atoms with van der Waals surface area (Å²) < 4.78 is 0. The van der Waals surface area contributed by atoms with Crippen molar-refractivity contribution in [3.8, 4) is 0 Å². The minimum absolute atomic E-state index is 0.0464. The van der Waals surface area contributed by atoms with Crippen molar-refractivity contribution in [2.75, 3.05) is 44.7 Å². The van der Waals surface area contributed by atoms with Crippen molar-refractivity contribution in [2.45, 2.75) is 0 Å². The third-order valence-corrected chi connectivity index (χ3v) is 4.13. The Hall–Kier alpha value is -1.79. The van der Waals surface area contributed by atoms with Gasteiger partial charge in [-0.05, 0) is 12.1 Å². The number of hydrogen-bond donors (Lipinski definition) is 0. The molecule has 0 bridgehead atoms. The molecule has 2 rings (SSSR count). The van der Waals surface area contributed by atoms with E-state index in [4.69, 9.17) is 23.2 Å². The fourth-order valence-corrected chi connectivity index (χ4v) is 2.84. The average molecular weight is 357 g/mol. The van der Waals surface area contributed by atoms with Crippen LogP contribution in [0.4, 0.5) is 5.82 Å². The van der Waals surface area contributed by atoms with Gasteiger partial charge >= 0.3 is 0 Å². The second-order valence-corrected chi connectivity index (χ2v) is 6.07. The van der Waals surface area contributed by atoms with Crippen LogP contribution in [0.1, 0.15) is 0 Å². The Morgan fingerprint density at radius 2 is 2.00 bits per heavy atom. The van der Waals surface area contributed by atoms with E-state index in [1.807, 2.05) is 4.90 Å². The maximum Gasteiger partial charge on any atom is 0.246 e. The molecule has 124 valence electrons. The van der Waals surface area contributed by atoms with Crippen LogP contribution in [0.3, 0.4) is 0 Å². The number of anilines is 1. The zero-order valence-corrected chi connectivity index (χ0v) is 14.3. The topological polar surface area (TPSA) is 56.8 Å². The zero-order valence-electron chi connectivity index (χ0n) is 12.8. The Bertz CT molecular complexity index is 615. The molecule has 0 N–H and O–H groups in total. The molecular weight excluding hydrogens is 339 g/mol. The van der Waals surface area contributed by atoms with Crippen molar-refractivity contribution in [3.05, 3.63) is 35.0 Å². The monoisotopic (exact) mass is 356 g/mol. The largest absolute Gasteiger partial charge is 0.352 e. The molecular formula is C15H18Cl2N4O2. The van der Waals surface area contributed by atoms with E-state index >= 15 is 0 Å². The summed E-state index contributed by atoms with van der Waals surface area (Å²) in [5, 5.41) is 0.982. The molecule has 2 heterocycles. The van der Waals surface area contributed by atoms with Crippen LogP contribution in [-0.4, -0.2) is 66.4 Å². The highest BCUT2D eigenvalue weighted by Crippen LogP contribution is 2.26. The van der Waals surface area contributed by atoms with Gasteiger partial charge < -0.3 is 14.7 Å². The van der Waals surface area contributed by atoms with Gasteiger partial charge in [-0.15, -0.1) is 0 Å². The lowest BCUT2D eigenvalue weighted by Crippen LogP contribution is -2.51. The summed E-state index contributed by atoms with van der Waals surface area (Å²) in [6.07, 6.45) is 2.75. The maximum absolute atomic E-state index is 12.2. The molecule has 2 amide bonds. The molecule has 23 heavy (non-hydrogen) atoms. The number of carbonyl (C=O) groups is 2. The van der Waals surface area contributed by atoms with E-state index in [2.05, 4.69) is 11.6 Å². The van der Waals surface area contributed by atoms with Crippen molar-refractivity contribution >= 4 is 40.8 Å². The van der Waals surface area contributed by atoms with Crippen LogP contribution >= 0.6 is 23.2 Å². The second kappa shape index (κ2) is 7.66. The van der Waals surface area contributed by atoms with Crippen LogP contribution < -0.4 is 4.90 Å². The highest BCUT2D eigenvalue weighted by atomic mass is 35.5. The van der Waals surface area contributed by atoms with E-state index in [9.17, 15) is 9.59 Å². The van der Waals surface area contributed by atoms with Crippen LogP contribution in [0.15, 0.2) is 24.9 Å². The lowest BCUT2D eigenvalue weighted by atomic mass is 10.3. The molecule has 1 aromatic heterocycles. The van der Waals surface area contributed by atoms with Crippen LogP contribution in [0.25, 0.3) is 0 Å². The number of nitrogens with zero attached hydrogens (tertiary/aromatic N) is 4. The van der Waals surface area contributed by atoms with E-state index < -0.39 is 0 Å². The molecule has 0 saturated carbocycles. The number of rotatable bonds is 4. The van der Waals surface area contributed by atoms with Gasteiger partial charge in [0.25, 0.3) is 0 Å². The minimum atomic E-state index is -0.269. The van der Waals surface area contributed by atoms with Crippen molar-refractivity contribution in [1.82, 2.24) is 14.8 Å². The molecule has 0 aromatic carbocycles.